The van der Waals surface area contributed by atoms with E-state index in [9.17, 15) is 4.79 Å². The van der Waals surface area contributed by atoms with Crippen LogP contribution in [0.3, 0.4) is 0 Å². The van der Waals surface area contributed by atoms with Crippen molar-refractivity contribution in [1.82, 2.24) is 4.90 Å². The van der Waals surface area contributed by atoms with Crippen LogP contribution in [0.25, 0.3) is 6.08 Å². The molecule has 0 fully saturated rings. The zero-order valence-electron chi connectivity index (χ0n) is 9.26. The van der Waals surface area contributed by atoms with Crippen LogP contribution in [0, 0.1) is 0 Å². The summed E-state index contributed by atoms with van der Waals surface area (Å²) in [5.41, 5.74) is 7.16. The molecule has 1 amide bonds. The monoisotopic (exact) mass is 220 g/mol. The molecule has 0 saturated heterocycles. The summed E-state index contributed by atoms with van der Waals surface area (Å²) in [7, 11) is 1.64. The average molecular weight is 220 g/mol. The minimum atomic E-state index is -0.133. The standard InChI is InChI=1S/C12H16N2O2/c1-14(8-9-15)12(16)7-4-10-2-5-11(13)6-3-10/h2-7,15H,8-9,13H2,1H3/b7-4+. The van der Waals surface area contributed by atoms with Gasteiger partial charge in [-0.15, -0.1) is 0 Å². The van der Waals surface area contributed by atoms with Crippen LogP contribution in [0.4, 0.5) is 5.69 Å². The van der Waals surface area contributed by atoms with Crippen LogP contribution >= 0.6 is 0 Å². The number of nitrogen functional groups attached to an aromatic ring is 1. The van der Waals surface area contributed by atoms with Gasteiger partial charge in [-0.05, 0) is 23.8 Å². The Labute approximate surface area is 95.0 Å². The Morgan fingerprint density at radius 3 is 2.62 bits per heavy atom. The van der Waals surface area contributed by atoms with Crippen LogP contribution in [-0.2, 0) is 4.79 Å². The maximum Gasteiger partial charge on any atom is 0.246 e. The fourth-order valence-corrected chi connectivity index (χ4v) is 1.16. The molecule has 3 N–H and O–H groups in total. The van der Waals surface area contributed by atoms with E-state index in [4.69, 9.17) is 10.8 Å². The largest absolute Gasteiger partial charge is 0.399 e. The summed E-state index contributed by atoms with van der Waals surface area (Å²) in [4.78, 5) is 12.9. The molecule has 4 heteroatoms. The van der Waals surface area contributed by atoms with Gasteiger partial charge in [0.05, 0.1) is 6.61 Å². The smallest absolute Gasteiger partial charge is 0.246 e. The highest BCUT2D eigenvalue weighted by molar-refractivity contribution is 5.91. The molecule has 0 saturated carbocycles. The van der Waals surface area contributed by atoms with Gasteiger partial charge in [-0.2, -0.15) is 0 Å². The second kappa shape index (κ2) is 5.92. The zero-order valence-corrected chi connectivity index (χ0v) is 9.26. The molecule has 0 radical (unpaired) electrons. The van der Waals surface area contributed by atoms with E-state index < -0.39 is 0 Å². The normalized spacial score (nSPS) is 10.6. The number of rotatable bonds is 4. The second-order valence-electron chi connectivity index (χ2n) is 3.48. The molecule has 0 heterocycles. The highest BCUT2D eigenvalue weighted by Gasteiger charge is 2.02. The highest BCUT2D eigenvalue weighted by Crippen LogP contribution is 2.07. The Morgan fingerprint density at radius 2 is 2.06 bits per heavy atom. The van der Waals surface area contributed by atoms with Crippen LogP contribution < -0.4 is 5.73 Å². The minimum absolute atomic E-state index is 0.0298. The van der Waals surface area contributed by atoms with Crippen molar-refractivity contribution in [2.24, 2.45) is 0 Å². The summed E-state index contributed by atoms with van der Waals surface area (Å²) in [6.07, 6.45) is 3.19. The van der Waals surface area contributed by atoms with Crippen LogP contribution in [-0.4, -0.2) is 36.1 Å². The zero-order chi connectivity index (χ0) is 12.0. The summed E-state index contributed by atoms with van der Waals surface area (Å²) in [5, 5.41) is 8.67. The van der Waals surface area contributed by atoms with Gasteiger partial charge in [0, 0.05) is 25.4 Å². The van der Waals surface area contributed by atoms with E-state index in [2.05, 4.69) is 0 Å². The number of benzene rings is 1. The molecule has 0 aliphatic heterocycles. The van der Waals surface area contributed by atoms with Crippen molar-refractivity contribution in [3.63, 3.8) is 0 Å². The third-order valence-corrected chi connectivity index (χ3v) is 2.17. The van der Waals surface area contributed by atoms with Gasteiger partial charge in [0.25, 0.3) is 0 Å². The Kier molecular flexibility index (Phi) is 4.54. The van der Waals surface area contributed by atoms with Crippen LogP contribution in [0.1, 0.15) is 5.56 Å². The quantitative estimate of drug-likeness (QED) is 0.580. The number of anilines is 1. The molecule has 0 aliphatic carbocycles. The van der Waals surface area contributed by atoms with Crippen molar-refractivity contribution >= 4 is 17.7 Å². The van der Waals surface area contributed by atoms with Crippen molar-refractivity contribution in [3.05, 3.63) is 35.9 Å². The third kappa shape index (κ3) is 3.74. The van der Waals surface area contributed by atoms with E-state index >= 15 is 0 Å². The lowest BCUT2D eigenvalue weighted by Crippen LogP contribution is -2.27. The minimum Gasteiger partial charge on any atom is -0.399 e. The molecule has 0 atom stereocenters. The number of hydrogen-bond donors (Lipinski definition) is 2. The Bertz CT molecular complexity index is 371. The van der Waals surface area contributed by atoms with Gasteiger partial charge < -0.3 is 15.7 Å². The van der Waals surface area contributed by atoms with Gasteiger partial charge in [0.2, 0.25) is 5.91 Å². The number of hydrogen-bond acceptors (Lipinski definition) is 3. The van der Waals surface area contributed by atoms with E-state index in [0.29, 0.717) is 12.2 Å². The first-order chi connectivity index (χ1) is 7.63. The molecular weight excluding hydrogens is 204 g/mol. The Balaban J connectivity index is 2.59. The number of aliphatic hydroxyl groups is 1. The first kappa shape index (κ1) is 12.3. The van der Waals surface area contributed by atoms with Crippen LogP contribution in [0.2, 0.25) is 0 Å². The Morgan fingerprint density at radius 1 is 1.44 bits per heavy atom. The molecular formula is C12H16N2O2. The van der Waals surface area contributed by atoms with Crippen molar-refractivity contribution < 1.29 is 9.90 Å². The van der Waals surface area contributed by atoms with Gasteiger partial charge in [-0.25, -0.2) is 0 Å². The number of carbonyl (C=O) groups excluding carboxylic acids is 1. The molecule has 0 spiro atoms. The SMILES string of the molecule is CN(CCO)C(=O)/C=C/c1ccc(N)cc1. The summed E-state index contributed by atoms with van der Waals surface area (Å²) < 4.78 is 0. The fraction of sp³-hybridized carbons (Fsp3) is 0.250. The maximum absolute atomic E-state index is 11.5. The molecule has 0 aliphatic rings. The van der Waals surface area contributed by atoms with Crippen molar-refractivity contribution in [3.8, 4) is 0 Å². The lowest BCUT2D eigenvalue weighted by molar-refractivity contribution is -0.125. The summed E-state index contributed by atoms with van der Waals surface area (Å²) in [6.45, 7) is 0.308. The molecule has 0 unspecified atom stereocenters. The Hall–Kier alpha value is -1.81. The highest BCUT2D eigenvalue weighted by atomic mass is 16.3. The van der Waals surface area contributed by atoms with Crippen molar-refractivity contribution in [2.75, 3.05) is 25.9 Å². The maximum atomic E-state index is 11.5. The number of likely N-dealkylation sites (N-methyl/N-ethyl adjacent to an activating group) is 1. The van der Waals surface area contributed by atoms with Crippen molar-refractivity contribution in [2.45, 2.75) is 0 Å². The molecule has 4 nitrogen and oxygen atoms in total. The van der Waals surface area contributed by atoms with Gasteiger partial charge in [-0.1, -0.05) is 12.1 Å². The van der Waals surface area contributed by atoms with Crippen molar-refractivity contribution in [1.29, 1.82) is 0 Å². The summed E-state index contributed by atoms with van der Waals surface area (Å²) in [6, 6.07) is 7.24. The van der Waals surface area contributed by atoms with E-state index in [0.717, 1.165) is 5.56 Å². The molecule has 0 bridgehead atoms. The van der Waals surface area contributed by atoms with Gasteiger partial charge >= 0.3 is 0 Å². The van der Waals surface area contributed by atoms with E-state index in [1.54, 1.807) is 25.3 Å². The van der Waals surface area contributed by atoms with Crippen LogP contribution in [0.5, 0.6) is 0 Å². The lowest BCUT2D eigenvalue weighted by Gasteiger charge is -2.12. The van der Waals surface area contributed by atoms with E-state index in [1.807, 2.05) is 12.1 Å². The average Bonchev–Trinajstić information content (AvgIpc) is 2.28. The summed E-state index contributed by atoms with van der Waals surface area (Å²) in [5.74, 6) is -0.133. The third-order valence-electron chi connectivity index (χ3n) is 2.17. The number of nitrogens with two attached hydrogens (primary N) is 1. The molecule has 16 heavy (non-hydrogen) atoms. The first-order valence-corrected chi connectivity index (χ1v) is 5.03. The molecule has 1 rings (SSSR count). The van der Waals surface area contributed by atoms with Gasteiger partial charge in [0.15, 0.2) is 0 Å². The number of amides is 1. The summed E-state index contributed by atoms with van der Waals surface area (Å²) >= 11 is 0. The topological polar surface area (TPSA) is 66.6 Å². The van der Waals surface area contributed by atoms with Crippen LogP contribution in [0.15, 0.2) is 30.3 Å². The van der Waals surface area contributed by atoms with E-state index in [1.165, 1.54) is 11.0 Å². The fourth-order valence-electron chi connectivity index (χ4n) is 1.16. The second-order valence-corrected chi connectivity index (χ2v) is 3.48. The number of carbonyl (C=O) groups is 1. The van der Waals surface area contributed by atoms with Gasteiger partial charge in [-0.3, -0.25) is 4.79 Å². The number of nitrogens with zero attached hydrogens (tertiary/aromatic N) is 1. The molecule has 0 aromatic heterocycles. The first-order valence-electron chi connectivity index (χ1n) is 5.03. The predicted octanol–water partition coefficient (Wildman–Crippen LogP) is 0.733. The molecule has 1 aromatic rings. The molecule has 1 aromatic carbocycles. The number of aliphatic hydroxyl groups excluding tert-OH is 1. The molecule has 86 valence electrons. The van der Waals surface area contributed by atoms with E-state index in [-0.39, 0.29) is 12.5 Å². The van der Waals surface area contributed by atoms with Gasteiger partial charge in [0.1, 0.15) is 0 Å². The lowest BCUT2D eigenvalue weighted by atomic mass is 10.2. The predicted molar refractivity (Wildman–Crippen MR) is 64.6 cm³/mol.